The first kappa shape index (κ1) is 21.5. The van der Waals surface area contributed by atoms with Crippen LogP contribution in [-0.2, 0) is 9.84 Å². The third-order valence-electron chi connectivity index (χ3n) is 5.05. The van der Waals surface area contributed by atoms with Gasteiger partial charge in [0.1, 0.15) is 11.6 Å². The fourth-order valence-electron chi connectivity index (χ4n) is 3.38. The lowest BCUT2D eigenvalue weighted by Gasteiger charge is -2.21. The molecule has 0 aliphatic carbocycles. The van der Waals surface area contributed by atoms with Crippen molar-refractivity contribution in [3.63, 3.8) is 0 Å². The molecule has 0 aromatic heterocycles. The fraction of sp³-hybridized carbons (Fsp3) is 0.217. The summed E-state index contributed by atoms with van der Waals surface area (Å²) in [5.41, 5.74) is 0.912. The van der Waals surface area contributed by atoms with Crippen LogP contribution in [-0.4, -0.2) is 8.42 Å². The van der Waals surface area contributed by atoms with Gasteiger partial charge in [-0.05, 0) is 66.8 Å². The minimum absolute atomic E-state index is 0.0305. The Balaban J connectivity index is 1.98. The van der Waals surface area contributed by atoms with Gasteiger partial charge in [0, 0.05) is 10.6 Å². The van der Waals surface area contributed by atoms with E-state index < -0.39 is 26.7 Å². The SMILES string of the molecule is CC(CCC(c1cc(F)ccc1F)S(=O)(=O)c1ccc(Cl)cc1)c1ccccc1. The standard InChI is InChI=1S/C23H21ClF2O2S/c1-16(17-5-3-2-4-6-17)7-14-23(21-15-19(25)10-13-22(21)26)29(27,28)20-11-8-18(24)9-12-20/h2-6,8-13,15-16,23H,7,14H2,1H3. The molecule has 0 amide bonds. The summed E-state index contributed by atoms with van der Waals surface area (Å²) in [6.45, 7) is 1.99. The molecule has 3 aromatic carbocycles. The van der Waals surface area contributed by atoms with Crippen molar-refractivity contribution >= 4 is 21.4 Å². The number of sulfone groups is 1. The van der Waals surface area contributed by atoms with Crippen LogP contribution in [0.25, 0.3) is 0 Å². The smallest absolute Gasteiger partial charge is 0.185 e. The average molecular weight is 435 g/mol. The predicted molar refractivity (Wildman–Crippen MR) is 112 cm³/mol. The van der Waals surface area contributed by atoms with E-state index in [1.54, 1.807) is 0 Å². The molecule has 3 aromatic rings. The van der Waals surface area contributed by atoms with Crippen LogP contribution in [0.3, 0.4) is 0 Å². The van der Waals surface area contributed by atoms with Crippen molar-refractivity contribution in [2.75, 3.05) is 0 Å². The fourth-order valence-corrected chi connectivity index (χ4v) is 5.31. The molecular weight excluding hydrogens is 414 g/mol. The van der Waals surface area contributed by atoms with Crippen LogP contribution < -0.4 is 0 Å². The van der Waals surface area contributed by atoms with Gasteiger partial charge in [-0.1, -0.05) is 48.9 Å². The van der Waals surface area contributed by atoms with Gasteiger partial charge in [0.25, 0.3) is 0 Å². The highest BCUT2D eigenvalue weighted by atomic mass is 35.5. The maximum absolute atomic E-state index is 14.5. The third kappa shape index (κ3) is 5.03. The van der Waals surface area contributed by atoms with Gasteiger partial charge in [-0.15, -0.1) is 0 Å². The molecule has 0 fully saturated rings. The van der Waals surface area contributed by atoms with Gasteiger partial charge in [-0.25, -0.2) is 17.2 Å². The number of hydrogen-bond donors (Lipinski definition) is 0. The topological polar surface area (TPSA) is 34.1 Å². The van der Waals surface area contributed by atoms with Crippen LogP contribution in [0.4, 0.5) is 8.78 Å². The van der Waals surface area contributed by atoms with Crippen LogP contribution in [0.2, 0.25) is 5.02 Å². The number of hydrogen-bond acceptors (Lipinski definition) is 2. The first-order chi connectivity index (χ1) is 13.8. The van der Waals surface area contributed by atoms with Crippen LogP contribution in [0.1, 0.15) is 42.1 Å². The van der Waals surface area contributed by atoms with Crippen LogP contribution in [0.15, 0.2) is 77.7 Å². The zero-order valence-corrected chi connectivity index (χ0v) is 17.4. The maximum atomic E-state index is 14.5. The van der Waals surface area contributed by atoms with Crippen molar-refractivity contribution in [2.24, 2.45) is 0 Å². The van der Waals surface area contributed by atoms with Gasteiger partial charge in [-0.2, -0.15) is 0 Å². The van der Waals surface area contributed by atoms with Crippen molar-refractivity contribution in [2.45, 2.75) is 35.8 Å². The molecule has 0 saturated carbocycles. The molecule has 0 bridgehead atoms. The minimum Gasteiger partial charge on any atom is -0.223 e. The summed E-state index contributed by atoms with van der Waals surface area (Å²) in [6.07, 6.45) is 0.652. The molecule has 0 aliphatic rings. The predicted octanol–water partition coefficient (Wildman–Crippen LogP) is 6.72. The molecule has 3 rings (SSSR count). The Bertz CT molecular complexity index is 1070. The van der Waals surface area contributed by atoms with Crippen LogP contribution >= 0.6 is 11.6 Å². The molecule has 152 valence electrons. The van der Waals surface area contributed by atoms with Crippen molar-refractivity contribution in [3.05, 3.63) is 101 Å². The summed E-state index contributed by atoms with van der Waals surface area (Å²) < 4.78 is 55.0. The van der Waals surface area contributed by atoms with Gasteiger partial charge in [0.05, 0.1) is 10.1 Å². The van der Waals surface area contributed by atoms with E-state index in [0.29, 0.717) is 11.4 Å². The van der Waals surface area contributed by atoms with Gasteiger partial charge in [-0.3, -0.25) is 0 Å². The summed E-state index contributed by atoms with van der Waals surface area (Å²) in [6, 6.07) is 18.3. The Morgan fingerprint density at radius 2 is 1.55 bits per heavy atom. The number of rotatable bonds is 7. The lowest BCUT2D eigenvalue weighted by molar-refractivity contribution is 0.534. The number of halogens is 3. The molecular formula is C23H21ClF2O2S. The van der Waals surface area contributed by atoms with E-state index in [9.17, 15) is 17.2 Å². The summed E-state index contributed by atoms with van der Waals surface area (Å²) in [4.78, 5) is 0.0305. The molecule has 6 heteroatoms. The normalized spacial score (nSPS) is 13.8. The molecule has 0 spiro atoms. The van der Waals surface area contributed by atoms with Crippen LogP contribution in [0.5, 0.6) is 0 Å². The zero-order chi connectivity index (χ0) is 21.0. The zero-order valence-electron chi connectivity index (χ0n) is 15.9. The molecule has 2 unspecified atom stereocenters. The average Bonchev–Trinajstić information content (AvgIpc) is 2.71. The maximum Gasteiger partial charge on any atom is 0.185 e. The van der Waals surface area contributed by atoms with Gasteiger partial charge in [0.2, 0.25) is 0 Å². The Morgan fingerprint density at radius 1 is 0.897 bits per heavy atom. The lowest BCUT2D eigenvalue weighted by Crippen LogP contribution is -2.16. The first-order valence-electron chi connectivity index (χ1n) is 9.28. The lowest BCUT2D eigenvalue weighted by atomic mass is 9.94. The minimum atomic E-state index is -3.95. The Kier molecular flexibility index (Phi) is 6.70. The van der Waals surface area contributed by atoms with Gasteiger partial charge in [0.15, 0.2) is 9.84 Å². The van der Waals surface area contributed by atoms with E-state index in [-0.39, 0.29) is 22.8 Å². The molecule has 0 radical (unpaired) electrons. The van der Waals surface area contributed by atoms with Crippen LogP contribution in [0, 0.1) is 11.6 Å². The van der Waals surface area contributed by atoms with E-state index >= 15 is 0 Å². The molecule has 0 saturated heterocycles. The van der Waals surface area contributed by atoms with Crippen molar-refractivity contribution in [1.29, 1.82) is 0 Å². The molecule has 29 heavy (non-hydrogen) atoms. The summed E-state index contributed by atoms with van der Waals surface area (Å²) in [5.74, 6) is -1.34. The quantitative estimate of drug-likeness (QED) is 0.413. The highest BCUT2D eigenvalue weighted by molar-refractivity contribution is 7.91. The summed E-state index contributed by atoms with van der Waals surface area (Å²) in [5, 5.41) is -0.805. The van der Waals surface area contributed by atoms with Crippen molar-refractivity contribution < 1.29 is 17.2 Å². The second kappa shape index (κ2) is 9.06. The van der Waals surface area contributed by atoms with Crippen molar-refractivity contribution in [3.8, 4) is 0 Å². The van der Waals surface area contributed by atoms with E-state index in [1.165, 1.54) is 24.3 Å². The molecule has 0 aliphatic heterocycles. The second-order valence-corrected chi connectivity index (χ2v) is 9.61. The third-order valence-corrected chi connectivity index (χ3v) is 7.47. The Hall–Kier alpha value is -2.24. The highest BCUT2D eigenvalue weighted by Crippen LogP contribution is 2.37. The summed E-state index contributed by atoms with van der Waals surface area (Å²) >= 11 is 5.87. The summed E-state index contributed by atoms with van der Waals surface area (Å²) in [7, 11) is -3.95. The van der Waals surface area contributed by atoms with E-state index in [4.69, 9.17) is 11.6 Å². The molecule has 2 atom stereocenters. The second-order valence-electron chi connectivity index (χ2n) is 7.04. The molecule has 0 N–H and O–H groups in total. The van der Waals surface area contributed by atoms with Gasteiger partial charge < -0.3 is 0 Å². The van der Waals surface area contributed by atoms with E-state index in [1.807, 2.05) is 37.3 Å². The van der Waals surface area contributed by atoms with E-state index in [0.717, 1.165) is 23.8 Å². The highest BCUT2D eigenvalue weighted by Gasteiger charge is 2.32. The largest absolute Gasteiger partial charge is 0.223 e. The van der Waals surface area contributed by atoms with E-state index in [2.05, 4.69) is 0 Å². The molecule has 0 heterocycles. The monoisotopic (exact) mass is 434 g/mol. The number of benzene rings is 3. The Morgan fingerprint density at radius 3 is 2.21 bits per heavy atom. The Labute approximate surface area is 175 Å². The van der Waals surface area contributed by atoms with Crippen molar-refractivity contribution in [1.82, 2.24) is 0 Å². The van der Waals surface area contributed by atoms with Gasteiger partial charge >= 0.3 is 0 Å². The molecule has 2 nitrogen and oxygen atoms in total. The first-order valence-corrected chi connectivity index (χ1v) is 11.2.